The Balaban J connectivity index is 1.36. The third-order valence-corrected chi connectivity index (χ3v) is 7.85. The Kier molecular flexibility index (Phi) is 6.73. The number of hydrogen-bond acceptors (Lipinski definition) is 4. The van der Waals surface area contributed by atoms with Crippen LogP contribution in [0.3, 0.4) is 0 Å². The average Bonchev–Trinajstić information content (AvgIpc) is 3.29. The first-order valence-electron chi connectivity index (χ1n) is 11.8. The molecule has 0 atom stereocenters. The second kappa shape index (κ2) is 10.0. The van der Waals surface area contributed by atoms with Gasteiger partial charge < -0.3 is 14.8 Å². The van der Waals surface area contributed by atoms with Crippen LogP contribution in [0.2, 0.25) is 5.02 Å². The topological polar surface area (TPSA) is 96.5 Å². The highest BCUT2D eigenvalue weighted by Gasteiger charge is 2.12. The fourth-order valence-electron chi connectivity index (χ4n) is 4.33. The summed E-state index contributed by atoms with van der Waals surface area (Å²) in [6.45, 7) is 1.99. The Morgan fingerprint density at radius 2 is 1.53 bits per heavy atom. The van der Waals surface area contributed by atoms with Gasteiger partial charge in [0.2, 0.25) is 0 Å². The van der Waals surface area contributed by atoms with Gasteiger partial charge in [-0.15, -0.1) is 0 Å². The highest BCUT2D eigenvalue weighted by Crippen LogP contribution is 2.34. The lowest BCUT2D eigenvalue weighted by Gasteiger charge is -2.08. The number of benzene rings is 4. The second-order valence-corrected chi connectivity index (χ2v) is 11.6. The normalized spacial score (nSPS) is 11.6. The second-order valence-electron chi connectivity index (χ2n) is 9.16. The quantitative estimate of drug-likeness (QED) is 0.226. The van der Waals surface area contributed by atoms with E-state index in [9.17, 15) is 18.3 Å². The summed E-state index contributed by atoms with van der Waals surface area (Å²) < 4.78 is 29.3. The van der Waals surface area contributed by atoms with Crippen LogP contribution in [0.5, 0.6) is 5.75 Å². The van der Waals surface area contributed by atoms with E-state index in [4.69, 9.17) is 16.3 Å². The van der Waals surface area contributed by atoms with E-state index < -0.39 is 15.8 Å². The molecule has 1 heterocycles. The molecule has 0 aliphatic rings. The molecule has 192 valence electrons. The van der Waals surface area contributed by atoms with E-state index >= 15 is 0 Å². The zero-order valence-electron chi connectivity index (χ0n) is 20.7. The molecule has 0 radical (unpaired) electrons. The Morgan fingerprint density at radius 1 is 0.895 bits per heavy atom. The molecule has 5 aromatic rings. The predicted octanol–water partition coefficient (Wildman–Crippen LogP) is 7.14. The molecule has 0 saturated carbocycles. The van der Waals surface area contributed by atoms with E-state index in [0.29, 0.717) is 16.3 Å². The number of hydrogen-bond donors (Lipinski definition) is 2. The summed E-state index contributed by atoms with van der Waals surface area (Å²) in [6, 6.07) is 25.6. The van der Waals surface area contributed by atoms with Crippen LogP contribution in [-0.4, -0.2) is 30.7 Å². The smallest absolute Gasteiger partial charge is 0.336 e. The molecule has 0 unspecified atom stereocenters. The molecule has 2 N–H and O–H groups in total. The number of halogens is 1. The minimum atomic E-state index is -3.24. The summed E-state index contributed by atoms with van der Waals surface area (Å²) in [6.07, 6.45) is 1.19. The Bertz CT molecular complexity index is 1770. The van der Waals surface area contributed by atoms with Crippen molar-refractivity contribution in [1.29, 1.82) is 0 Å². The standard InChI is InChI=1S/C30H24ClNO5S/c1-18-3-10-24(15-26(18)30(33)34)37-17-23-13-22-14-27(28(31)16-29(22)32-23)21-6-4-19(5-7-21)20-8-11-25(12-9-20)38(2,35)36/h3-16,32H,17H2,1-2H3,(H,33,34). The molecular weight excluding hydrogens is 522 g/mol. The average molecular weight is 546 g/mol. The maximum Gasteiger partial charge on any atom is 0.336 e. The Morgan fingerprint density at radius 3 is 2.16 bits per heavy atom. The van der Waals surface area contributed by atoms with Crippen molar-refractivity contribution in [1.82, 2.24) is 4.98 Å². The molecule has 6 nitrogen and oxygen atoms in total. The van der Waals surface area contributed by atoms with E-state index in [1.807, 2.05) is 42.5 Å². The highest BCUT2D eigenvalue weighted by molar-refractivity contribution is 7.90. The van der Waals surface area contributed by atoms with Crippen LogP contribution in [-0.2, 0) is 16.4 Å². The number of aromatic amines is 1. The van der Waals surface area contributed by atoms with Crippen LogP contribution < -0.4 is 4.74 Å². The van der Waals surface area contributed by atoms with Gasteiger partial charge in [-0.1, -0.05) is 54.1 Å². The fourth-order valence-corrected chi connectivity index (χ4v) is 5.24. The van der Waals surface area contributed by atoms with E-state index in [1.54, 1.807) is 43.3 Å². The molecule has 4 aromatic carbocycles. The molecule has 38 heavy (non-hydrogen) atoms. The van der Waals surface area contributed by atoms with E-state index in [0.717, 1.165) is 38.9 Å². The predicted molar refractivity (Wildman–Crippen MR) is 150 cm³/mol. The summed E-state index contributed by atoms with van der Waals surface area (Å²) in [7, 11) is -3.24. The molecule has 0 aliphatic heterocycles. The number of H-pyrrole nitrogens is 1. The van der Waals surface area contributed by atoms with Crippen molar-refractivity contribution in [2.45, 2.75) is 18.4 Å². The van der Waals surface area contributed by atoms with Crippen molar-refractivity contribution >= 4 is 38.3 Å². The first-order chi connectivity index (χ1) is 18.1. The Hall–Kier alpha value is -4.07. The van der Waals surface area contributed by atoms with Crippen molar-refractivity contribution in [3.8, 4) is 28.0 Å². The van der Waals surface area contributed by atoms with Gasteiger partial charge >= 0.3 is 5.97 Å². The molecule has 0 fully saturated rings. The molecule has 0 aliphatic carbocycles. The Labute approximate surface area is 225 Å². The molecule has 0 spiro atoms. The molecule has 5 rings (SSSR count). The number of carbonyl (C=O) groups is 1. The van der Waals surface area contributed by atoms with Gasteiger partial charge in [-0.2, -0.15) is 0 Å². The number of nitrogens with one attached hydrogen (secondary N) is 1. The molecule has 0 amide bonds. The van der Waals surface area contributed by atoms with Crippen molar-refractivity contribution in [3.05, 3.63) is 107 Å². The number of aryl methyl sites for hydroxylation is 1. The van der Waals surface area contributed by atoms with Crippen LogP contribution >= 0.6 is 11.6 Å². The monoisotopic (exact) mass is 545 g/mol. The van der Waals surface area contributed by atoms with Crippen molar-refractivity contribution < 1.29 is 23.1 Å². The molecule has 8 heteroatoms. The highest BCUT2D eigenvalue weighted by atomic mass is 35.5. The van der Waals surface area contributed by atoms with Crippen LogP contribution in [0, 0.1) is 6.92 Å². The minimum absolute atomic E-state index is 0.215. The van der Waals surface area contributed by atoms with Crippen molar-refractivity contribution in [2.75, 3.05) is 6.26 Å². The zero-order chi connectivity index (χ0) is 27.0. The lowest BCUT2D eigenvalue weighted by atomic mass is 9.99. The van der Waals surface area contributed by atoms with Crippen LogP contribution in [0.15, 0.2) is 89.8 Å². The van der Waals surface area contributed by atoms with Gasteiger partial charge in [0, 0.05) is 22.7 Å². The lowest BCUT2D eigenvalue weighted by molar-refractivity contribution is 0.0695. The molecule has 0 bridgehead atoms. The SMILES string of the molecule is Cc1ccc(OCc2cc3cc(-c4ccc(-c5ccc(S(C)(=O)=O)cc5)cc4)c(Cl)cc3[nH]2)cc1C(=O)O. The van der Waals surface area contributed by atoms with Gasteiger partial charge in [0.25, 0.3) is 0 Å². The first kappa shape index (κ1) is 25.6. The van der Waals surface area contributed by atoms with Crippen molar-refractivity contribution in [3.63, 3.8) is 0 Å². The number of fused-ring (bicyclic) bond motifs is 1. The van der Waals surface area contributed by atoms with Gasteiger partial charge in [0.05, 0.1) is 21.2 Å². The zero-order valence-corrected chi connectivity index (χ0v) is 22.2. The minimum Gasteiger partial charge on any atom is -0.487 e. The van der Waals surface area contributed by atoms with Crippen molar-refractivity contribution in [2.24, 2.45) is 0 Å². The van der Waals surface area contributed by atoms with E-state index in [2.05, 4.69) is 4.98 Å². The first-order valence-corrected chi connectivity index (χ1v) is 14.0. The number of rotatable bonds is 7. The fraction of sp³-hybridized carbons (Fsp3) is 0.100. The molecule has 1 aromatic heterocycles. The third-order valence-electron chi connectivity index (χ3n) is 6.41. The largest absolute Gasteiger partial charge is 0.487 e. The van der Waals surface area contributed by atoms with Gasteiger partial charge in [-0.05, 0) is 71.6 Å². The maximum atomic E-state index is 11.7. The van der Waals surface area contributed by atoms with Crippen LogP contribution in [0.25, 0.3) is 33.2 Å². The van der Waals surface area contributed by atoms with Gasteiger partial charge in [0.15, 0.2) is 9.84 Å². The third kappa shape index (κ3) is 5.30. The maximum absolute atomic E-state index is 11.7. The van der Waals surface area contributed by atoms with E-state index in [1.165, 1.54) is 12.3 Å². The summed E-state index contributed by atoms with van der Waals surface area (Å²) in [5, 5.41) is 10.9. The summed E-state index contributed by atoms with van der Waals surface area (Å²) in [5.41, 5.74) is 6.32. The van der Waals surface area contributed by atoms with Crippen LogP contribution in [0.4, 0.5) is 0 Å². The van der Waals surface area contributed by atoms with Gasteiger partial charge in [0.1, 0.15) is 12.4 Å². The summed E-state index contributed by atoms with van der Waals surface area (Å²) >= 11 is 6.64. The summed E-state index contributed by atoms with van der Waals surface area (Å²) in [4.78, 5) is 15.0. The van der Waals surface area contributed by atoms with Gasteiger partial charge in [-0.3, -0.25) is 0 Å². The molecule has 0 saturated heterocycles. The van der Waals surface area contributed by atoms with E-state index in [-0.39, 0.29) is 17.1 Å². The lowest BCUT2D eigenvalue weighted by Crippen LogP contribution is -2.01. The number of carboxylic acids is 1. The number of sulfone groups is 1. The van der Waals surface area contributed by atoms with Crippen LogP contribution in [0.1, 0.15) is 21.6 Å². The molecular formula is C30H24ClNO5S. The van der Waals surface area contributed by atoms with Gasteiger partial charge in [-0.25, -0.2) is 13.2 Å². The number of aromatic nitrogens is 1. The number of ether oxygens (including phenoxy) is 1. The summed E-state index contributed by atoms with van der Waals surface area (Å²) in [5.74, 6) is -0.505. The number of carboxylic acid groups (broad SMARTS) is 1. The number of aromatic carboxylic acids is 1.